The zero-order valence-electron chi connectivity index (χ0n) is 11.1. The van der Waals surface area contributed by atoms with Crippen LogP contribution in [0.2, 0.25) is 0 Å². The minimum Gasteiger partial charge on any atom is -0.339 e. The number of fused-ring (bicyclic) bond motifs is 2. The van der Waals surface area contributed by atoms with Crippen LogP contribution in [-0.4, -0.2) is 24.0 Å². The maximum Gasteiger partial charge on any atom is 0.238 e. The summed E-state index contributed by atoms with van der Waals surface area (Å²) in [5, 5.41) is 15.3. The molecular weight excluding hydrogens is 226 g/mol. The molecule has 0 spiro atoms. The number of carbonyl (C=O) groups excluding carboxylic acids is 1. The average Bonchev–Trinajstić information content (AvgIpc) is 2.99. The van der Waals surface area contributed by atoms with Gasteiger partial charge in [0.25, 0.3) is 0 Å². The number of nitrogens with one attached hydrogen (secondary N) is 2. The second kappa shape index (κ2) is 5.53. The lowest BCUT2D eigenvalue weighted by Crippen LogP contribution is -2.50. The number of allylic oxidation sites excluding steroid dienone is 1. The topological polar surface area (TPSA) is 64.9 Å². The number of nitrogens with zero attached hydrogens (tertiary/aromatic N) is 1. The van der Waals surface area contributed by atoms with Gasteiger partial charge in [0, 0.05) is 12.5 Å². The average molecular weight is 247 g/mol. The van der Waals surface area contributed by atoms with Gasteiger partial charge in [-0.1, -0.05) is 11.6 Å². The van der Waals surface area contributed by atoms with Crippen molar-refractivity contribution in [3.63, 3.8) is 0 Å². The lowest BCUT2D eigenvalue weighted by atomic mass is 9.98. The molecule has 1 aliphatic heterocycles. The maximum absolute atomic E-state index is 12.1. The summed E-state index contributed by atoms with van der Waals surface area (Å²) in [5.41, 5.74) is 1.13. The van der Waals surface area contributed by atoms with Gasteiger partial charge in [-0.2, -0.15) is 5.26 Å². The Morgan fingerprint density at radius 3 is 2.89 bits per heavy atom. The van der Waals surface area contributed by atoms with Crippen molar-refractivity contribution in [1.82, 2.24) is 10.6 Å². The lowest BCUT2D eigenvalue weighted by Gasteiger charge is -2.23. The molecule has 2 aliphatic rings. The molecule has 98 valence electrons. The fourth-order valence-electron chi connectivity index (χ4n) is 2.98. The summed E-state index contributed by atoms with van der Waals surface area (Å²) in [5.74, 6) is 0.467. The SMILES string of the molecule is C/C=C(\C)CC(C#N)NC(=O)C1NC2CCC1C2. The smallest absolute Gasteiger partial charge is 0.238 e. The Bertz CT molecular complexity index is 396. The van der Waals surface area contributed by atoms with Crippen molar-refractivity contribution >= 4 is 5.91 Å². The van der Waals surface area contributed by atoms with Crippen molar-refractivity contribution < 1.29 is 4.79 Å². The Labute approximate surface area is 108 Å². The first-order chi connectivity index (χ1) is 8.63. The zero-order chi connectivity index (χ0) is 13.1. The largest absolute Gasteiger partial charge is 0.339 e. The molecule has 18 heavy (non-hydrogen) atoms. The molecule has 4 atom stereocenters. The second-order valence-corrected chi connectivity index (χ2v) is 5.44. The summed E-state index contributed by atoms with van der Waals surface area (Å²) in [7, 11) is 0. The molecular formula is C14H21N3O. The summed E-state index contributed by atoms with van der Waals surface area (Å²) < 4.78 is 0. The first-order valence-corrected chi connectivity index (χ1v) is 6.72. The molecule has 2 rings (SSSR count). The molecule has 4 unspecified atom stereocenters. The minimum absolute atomic E-state index is 0.00217. The van der Waals surface area contributed by atoms with E-state index in [1.54, 1.807) is 0 Å². The van der Waals surface area contributed by atoms with E-state index < -0.39 is 6.04 Å². The fraction of sp³-hybridized carbons (Fsp3) is 0.714. The van der Waals surface area contributed by atoms with Gasteiger partial charge in [-0.25, -0.2) is 0 Å². The standard InChI is InChI=1S/C14H21N3O/c1-3-9(2)6-12(8-15)17-14(18)13-10-4-5-11(7-10)16-13/h3,10-13,16H,4-7H2,1-2H3,(H,17,18)/b9-3+. The Morgan fingerprint density at radius 2 is 2.39 bits per heavy atom. The number of nitriles is 1. The van der Waals surface area contributed by atoms with Gasteiger partial charge < -0.3 is 10.6 Å². The summed E-state index contributed by atoms with van der Waals surface area (Å²) in [6, 6.07) is 2.20. The van der Waals surface area contributed by atoms with Crippen molar-refractivity contribution in [2.45, 2.75) is 57.7 Å². The summed E-state index contributed by atoms with van der Waals surface area (Å²) in [6.45, 7) is 3.93. The predicted molar refractivity (Wildman–Crippen MR) is 69.6 cm³/mol. The van der Waals surface area contributed by atoms with Crippen LogP contribution < -0.4 is 10.6 Å². The number of amides is 1. The van der Waals surface area contributed by atoms with Gasteiger partial charge in [-0.15, -0.1) is 0 Å². The van der Waals surface area contributed by atoms with E-state index in [1.807, 2.05) is 19.9 Å². The number of hydrogen-bond acceptors (Lipinski definition) is 3. The number of piperidine rings is 1. The molecule has 2 N–H and O–H groups in total. The lowest BCUT2D eigenvalue weighted by molar-refractivity contribution is -0.124. The van der Waals surface area contributed by atoms with Gasteiger partial charge in [0.1, 0.15) is 6.04 Å². The molecule has 1 saturated carbocycles. The fourth-order valence-corrected chi connectivity index (χ4v) is 2.98. The minimum atomic E-state index is -0.408. The van der Waals surface area contributed by atoms with Gasteiger partial charge in [-0.3, -0.25) is 4.79 Å². The first-order valence-electron chi connectivity index (χ1n) is 6.72. The summed E-state index contributed by atoms with van der Waals surface area (Å²) in [6.07, 6.45) is 6.03. The Kier molecular flexibility index (Phi) is 4.03. The van der Waals surface area contributed by atoms with E-state index in [0.717, 1.165) is 18.4 Å². The second-order valence-electron chi connectivity index (χ2n) is 5.44. The molecule has 2 bridgehead atoms. The highest BCUT2D eigenvalue weighted by molar-refractivity contribution is 5.83. The van der Waals surface area contributed by atoms with Crippen LogP contribution in [0.5, 0.6) is 0 Å². The van der Waals surface area contributed by atoms with E-state index in [0.29, 0.717) is 18.4 Å². The highest BCUT2D eigenvalue weighted by Crippen LogP contribution is 2.35. The molecule has 2 fully saturated rings. The number of rotatable bonds is 4. The van der Waals surface area contributed by atoms with Gasteiger partial charge in [0.2, 0.25) is 5.91 Å². The van der Waals surface area contributed by atoms with Crippen LogP contribution >= 0.6 is 0 Å². The highest BCUT2D eigenvalue weighted by Gasteiger charge is 2.42. The number of carbonyl (C=O) groups is 1. The van der Waals surface area contributed by atoms with Crippen molar-refractivity contribution in [3.8, 4) is 6.07 Å². The predicted octanol–water partition coefficient (Wildman–Crippen LogP) is 1.49. The third kappa shape index (κ3) is 2.73. The van der Waals surface area contributed by atoms with Crippen molar-refractivity contribution in [1.29, 1.82) is 5.26 Å². The van der Waals surface area contributed by atoms with Crippen LogP contribution in [0.25, 0.3) is 0 Å². The molecule has 4 nitrogen and oxygen atoms in total. The molecule has 0 aromatic carbocycles. The molecule has 1 saturated heterocycles. The maximum atomic E-state index is 12.1. The molecule has 0 aromatic heterocycles. The molecule has 0 radical (unpaired) electrons. The van der Waals surface area contributed by atoms with E-state index in [4.69, 9.17) is 5.26 Å². The summed E-state index contributed by atoms with van der Waals surface area (Å²) in [4.78, 5) is 12.1. The van der Waals surface area contributed by atoms with E-state index in [9.17, 15) is 4.79 Å². The monoisotopic (exact) mass is 247 g/mol. The van der Waals surface area contributed by atoms with E-state index >= 15 is 0 Å². The van der Waals surface area contributed by atoms with E-state index in [-0.39, 0.29) is 11.9 Å². The Balaban J connectivity index is 1.88. The number of hydrogen-bond donors (Lipinski definition) is 2. The highest BCUT2D eigenvalue weighted by atomic mass is 16.2. The van der Waals surface area contributed by atoms with E-state index in [1.165, 1.54) is 6.42 Å². The Morgan fingerprint density at radius 1 is 1.61 bits per heavy atom. The van der Waals surface area contributed by atoms with Crippen molar-refractivity contribution in [2.75, 3.05) is 0 Å². The van der Waals surface area contributed by atoms with Crippen molar-refractivity contribution in [3.05, 3.63) is 11.6 Å². The third-order valence-electron chi connectivity index (χ3n) is 4.13. The van der Waals surface area contributed by atoms with Crippen LogP contribution in [0.4, 0.5) is 0 Å². The van der Waals surface area contributed by atoms with Crippen LogP contribution in [0.1, 0.15) is 39.5 Å². The summed E-state index contributed by atoms with van der Waals surface area (Å²) >= 11 is 0. The van der Waals surface area contributed by atoms with Crippen LogP contribution in [-0.2, 0) is 4.79 Å². The first kappa shape index (κ1) is 13.1. The van der Waals surface area contributed by atoms with Gasteiger partial charge >= 0.3 is 0 Å². The molecule has 1 amide bonds. The molecule has 1 heterocycles. The van der Waals surface area contributed by atoms with Crippen LogP contribution in [0.3, 0.4) is 0 Å². The third-order valence-corrected chi connectivity index (χ3v) is 4.13. The van der Waals surface area contributed by atoms with Crippen LogP contribution in [0, 0.1) is 17.2 Å². The molecule has 4 heteroatoms. The molecule has 0 aromatic rings. The zero-order valence-corrected chi connectivity index (χ0v) is 11.1. The van der Waals surface area contributed by atoms with Crippen LogP contribution in [0.15, 0.2) is 11.6 Å². The molecule has 1 aliphatic carbocycles. The van der Waals surface area contributed by atoms with Gasteiger partial charge in [0.15, 0.2) is 0 Å². The quantitative estimate of drug-likeness (QED) is 0.740. The van der Waals surface area contributed by atoms with Gasteiger partial charge in [0.05, 0.1) is 12.1 Å². The normalized spacial score (nSPS) is 32.1. The van der Waals surface area contributed by atoms with Crippen molar-refractivity contribution in [2.24, 2.45) is 5.92 Å². The van der Waals surface area contributed by atoms with Gasteiger partial charge in [-0.05, 0) is 39.0 Å². The Hall–Kier alpha value is -1.34. The van der Waals surface area contributed by atoms with E-state index in [2.05, 4.69) is 16.7 Å².